The molecule has 1 atom stereocenters. The molecule has 0 bridgehead atoms. The predicted molar refractivity (Wildman–Crippen MR) is 73.4 cm³/mol. The molecular formula is C15H18F3NO2. The molecule has 3 nitrogen and oxygen atoms in total. The summed E-state index contributed by atoms with van der Waals surface area (Å²) in [4.78, 5) is 13.4. The number of para-hydroxylation sites is 1. The zero-order valence-electron chi connectivity index (χ0n) is 12.2. The Bertz CT molecular complexity index is 534. The fourth-order valence-corrected chi connectivity index (χ4v) is 2.44. The first-order chi connectivity index (χ1) is 9.57. The van der Waals surface area contributed by atoms with E-state index < -0.39 is 30.2 Å². The topological polar surface area (TPSA) is 29.5 Å². The molecule has 1 aromatic carbocycles. The van der Waals surface area contributed by atoms with Gasteiger partial charge in [-0.25, -0.2) is 4.79 Å². The summed E-state index contributed by atoms with van der Waals surface area (Å²) < 4.78 is 43.3. The molecule has 1 aromatic rings. The van der Waals surface area contributed by atoms with E-state index in [4.69, 9.17) is 4.74 Å². The van der Waals surface area contributed by atoms with Gasteiger partial charge in [-0.15, -0.1) is 0 Å². The number of rotatable bonds is 1. The third kappa shape index (κ3) is 3.89. The summed E-state index contributed by atoms with van der Waals surface area (Å²) >= 11 is 0. The molecule has 0 N–H and O–H groups in total. The van der Waals surface area contributed by atoms with Gasteiger partial charge in [-0.3, -0.25) is 4.90 Å². The molecule has 0 aromatic heterocycles. The Hall–Kier alpha value is -1.72. The summed E-state index contributed by atoms with van der Waals surface area (Å²) in [6, 6.07) is 6.67. The maximum atomic E-state index is 12.7. The van der Waals surface area contributed by atoms with E-state index in [1.54, 1.807) is 45.0 Å². The molecular weight excluding hydrogens is 283 g/mol. The lowest BCUT2D eigenvalue weighted by molar-refractivity contribution is -0.138. The van der Waals surface area contributed by atoms with E-state index in [1.807, 2.05) is 0 Å². The third-order valence-corrected chi connectivity index (χ3v) is 3.16. The van der Waals surface area contributed by atoms with Crippen molar-refractivity contribution in [1.29, 1.82) is 0 Å². The van der Waals surface area contributed by atoms with Gasteiger partial charge < -0.3 is 4.74 Å². The van der Waals surface area contributed by atoms with Crippen molar-refractivity contribution in [1.82, 2.24) is 0 Å². The number of carbonyl (C=O) groups is 1. The number of halogens is 3. The lowest BCUT2D eigenvalue weighted by Crippen LogP contribution is -2.36. The highest BCUT2D eigenvalue weighted by atomic mass is 19.4. The Labute approximate surface area is 121 Å². The second-order valence-electron chi connectivity index (χ2n) is 6.17. The van der Waals surface area contributed by atoms with Crippen molar-refractivity contribution in [3.05, 3.63) is 29.8 Å². The molecule has 1 heterocycles. The molecule has 0 saturated heterocycles. The Balaban J connectivity index is 2.25. The van der Waals surface area contributed by atoms with Crippen molar-refractivity contribution >= 4 is 11.8 Å². The zero-order chi connectivity index (χ0) is 15.8. The van der Waals surface area contributed by atoms with Crippen molar-refractivity contribution in [2.45, 2.75) is 44.9 Å². The molecule has 0 spiro atoms. The van der Waals surface area contributed by atoms with E-state index in [9.17, 15) is 18.0 Å². The summed E-state index contributed by atoms with van der Waals surface area (Å²) in [5.41, 5.74) is 0.357. The van der Waals surface area contributed by atoms with E-state index in [1.165, 1.54) is 4.90 Å². The van der Waals surface area contributed by atoms with Gasteiger partial charge in [0, 0.05) is 12.5 Å². The fourth-order valence-electron chi connectivity index (χ4n) is 2.44. The number of alkyl halides is 3. The zero-order valence-corrected chi connectivity index (χ0v) is 12.2. The van der Waals surface area contributed by atoms with Gasteiger partial charge in [0.2, 0.25) is 0 Å². The van der Waals surface area contributed by atoms with Crippen LogP contribution in [0, 0.1) is 0 Å². The highest BCUT2D eigenvalue weighted by molar-refractivity contribution is 5.91. The third-order valence-electron chi connectivity index (χ3n) is 3.16. The van der Waals surface area contributed by atoms with Crippen LogP contribution in [-0.2, 0) is 4.74 Å². The Morgan fingerprint density at radius 1 is 1.29 bits per heavy atom. The van der Waals surface area contributed by atoms with Crippen molar-refractivity contribution < 1.29 is 22.7 Å². The first-order valence-electron chi connectivity index (χ1n) is 6.73. The second kappa shape index (κ2) is 5.24. The lowest BCUT2D eigenvalue weighted by atomic mass is 9.98. The minimum atomic E-state index is -4.26. The van der Waals surface area contributed by atoms with Gasteiger partial charge in [0.15, 0.2) is 0 Å². The normalized spacial score (nSPS) is 18.6. The van der Waals surface area contributed by atoms with Crippen LogP contribution in [-0.4, -0.2) is 24.4 Å². The lowest BCUT2D eigenvalue weighted by Gasteiger charge is -2.25. The van der Waals surface area contributed by atoms with E-state index in [-0.39, 0.29) is 6.54 Å². The summed E-state index contributed by atoms with van der Waals surface area (Å²) in [5.74, 6) is -0.742. The van der Waals surface area contributed by atoms with Crippen LogP contribution < -0.4 is 4.90 Å². The Morgan fingerprint density at radius 3 is 2.48 bits per heavy atom. The number of hydrogen-bond donors (Lipinski definition) is 0. The van der Waals surface area contributed by atoms with E-state index in [0.717, 1.165) is 0 Å². The number of nitrogens with zero attached hydrogens (tertiary/aromatic N) is 1. The van der Waals surface area contributed by atoms with Gasteiger partial charge in [-0.05, 0) is 32.4 Å². The number of benzene rings is 1. The molecule has 116 valence electrons. The highest BCUT2D eigenvalue weighted by Gasteiger charge is 2.40. The molecule has 0 saturated carbocycles. The standard InChI is InChI=1S/C15H18F3NO2/c1-14(2,3)21-13(20)19-9-10(8-15(16,17)18)11-6-4-5-7-12(11)19/h4-7,10H,8-9H2,1-3H3. The minimum Gasteiger partial charge on any atom is -0.443 e. The molecule has 0 fully saturated rings. The quantitative estimate of drug-likeness (QED) is 0.765. The van der Waals surface area contributed by atoms with Crippen LogP contribution in [0.3, 0.4) is 0 Å². The molecule has 1 amide bonds. The number of ether oxygens (including phenoxy) is 1. The summed E-state index contributed by atoms with van der Waals surface area (Å²) in [5, 5.41) is 0. The van der Waals surface area contributed by atoms with E-state index in [0.29, 0.717) is 11.3 Å². The number of amides is 1. The molecule has 1 aliphatic rings. The number of carbonyl (C=O) groups excluding carboxylic acids is 1. The molecule has 0 radical (unpaired) electrons. The average molecular weight is 301 g/mol. The highest BCUT2D eigenvalue weighted by Crippen LogP contribution is 2.42. The van der Waals surface area contributed by atoms with Crippen LogP contribution in [0.1, 0.15) is 38.7 Å². The van der Waals surface area contributed by atoms with Gasteiger partial charge in [0.1, 0.15) is 5.60 Å². The number of anilines is 1. The summed E-state index contributed by atoms with van der Waals surface area (Å²) in [6.45, 7) is 5.16. The molecule has 6 heteroatoms. The van der Waals surface area contributed by atoms with E-state index in [2.05, 4.69) is 0 Å². The minimum absolute atomic E-state index is 0.00618. The first-order valence-corrected chi connectivity index (χ1v) is 6.73. The average Bonchev–Trinajstić information content (AvgIpc) is 2.64. The van der Waals surface area contributed by atoms with E-state index >= 15 is 0 Å². The van der Waals surface area contributed by atoms with Crippen molar-refractivity contribution in [3.8, 4) is 0 Å². The Kier molecular flexibility index (Phi) is 3.91. The molecule has 1 unspecified atom stereocenters. The smallest absolute Gasteiger partial charge is 0.414 e. The Morgan fingerprint density at radius 2 is 1.90 bits per heavy atom. The van der Waals surface area contributed by atoms with Crippen LogP contribution in [0.4, 0.5) is 23.7 Å². The summed E-state index contributed by atoms with van der Waals surface area (Å²) in [6.07, 6.45) is -5.81. The largest absolute Gasteiger partial charge is 0.443 e. The fraction of sp³-hybridized carbons (Fsp3) is 0.533. The van der Waals surface area contributed by atoms with Crippen LogP contribution >= 0.6 is 0 Å². The SMILES string of the molecule is CC(C)(C)OC(=O)N1CC(CC(F)(F)F)c2ccccc21. The predicted octanol–water partition coefficient (Wildman–Crippen LogP) is 4.48. The van der Waals surface area contributed by atoms with Gasteiger partial charge in [-0.2, -0.15) is 13.2 Å². The van der Waals surface area contributed by atoms with Crippen molar-refractivity contribution in [3.63, 3.8) is 0 Å². The monoisotopic (exact) mass is 301 g/mol. The van der Waals surface area contributed by atoms with Gasteiger partial charge in [-0.1, -0.05) is 18.2 Å². The maximum absolute atomic E-state index is 12.7. The van der Waals surface area contributed by atoms with Gasteiger partial charge >= 0.3 is 12.3 Å². The number of hydrogen-bond acceptors (Lipinski definition) is 2. The van der Waals surface area contributed by atoms with Crippen molar-refractivity contribution in [2.75, 3.05) is 11.4 Å². The van der Waals surface area contributed by atoms with Crippen molar-refractivity contribution in [2.24, 2.45) is 0 Å². The van der Waals surface area contributed by atoms with Crippen LogP contribution in [0.15, 0.2) is 24.3 Å². The van der Waals surface area contributed by atoms with Gasteiger partial charge in [0.25, 0.3) is 0 Å². The maximum Gasteiger partial charge on any atom is 0.414 e. The molecule has 1 aliphatic heterocycles. The van der Waals surface area contributed by atoms with Crippen LogP contribution in [0.5, 0.6) is 0 Å². The van der Waals surface area contributed by atoms with Crippen LogP contribution in [0.25, 0.3) is 0 Å². The summed E-state index contributed by atoms with van der Waals surface area (Å²) in [7, 11) is 0. The second-order valence-corrected chi connectivity index (χ2v) is 6.17. The molecule has 2 rings (SSSR count). The van der Waals surface area contributed by atoms with Crippen LogP contribution in [0.2, 0.25) is 0 Å². The van der Waals surface area contributed by atoms with Gasteiger partial charge in [0.05, 0.1) is 12.1 Å². The molecule has 0 aliphatic carbocycles. The number of fused-ring (bicyclic) bond motifs is 1. The first kappa shape index (κ1) is 15.7. The molecule has 21 heavy (non-hydrogen) atoms.